The fourth-order valence-corrected chi connectivity index (χ4v) is 2.97. The number of anilines is 1. The summed E-state index contributed by atoms with van der Waals surface area (Å²) in [5.74, 6) is -0.0956. The molecule has 0 aliphatic rings. The number of amides is 1. The van der Waals surface area contributed by atoms with Gasteiger partial charge in [0.1, 0.15) is 17.7 Å². The van der Waals surface area contributed by atoms with Crippen molar-refractivity contribution in [3.8, 4) is 5.75 Å². The van der Waals surface area contributed by atoms with E-state index < -0.39 is 23.7 Å². The number of nitrogens with one attached hydrogen (secondary N) is 1. The Balaban J connectivity index is 2.06. The van der Waals surface area contributed by atoms with Gasteiger partial charge in [-0.2, -0.15) is 0 Å². The SMILES string of the molecule is CCOc1c(C)cnc2c1c(=O)n(CC(=O)Nc1ccc(C)cc1)c(=O)n2C. The zero-order chi connectivity index (χ0) is 20.4. The van der Waals surface area contributed by atoms with E-state index in [9.17, 15) is 14.4 Å². The minimum absolute atomic E-state index is 0.187. The Bertz CT molecular complexity index is 1160. The molecule has 1 aromatic carbocycles. The summed E-state index contributed by atoms with van der Waals surface area (Å²) < 4.78 is 7.77. The summed E-state index contributed by atoms with van der Waals surface area (Å²) in [6.07, 6.45) is 1.56. The largest absolute Gasteiger partial charge is 0.493 e. The Morgan fingerprint density at radius 1 is 1.18 bits per heavy atom. The number of hydrogen-bond donors (Lipinski definition) is 1. The molecule has 8 nitrogen and oxygen atoms in total. The van der Waals surface area contributed by atoms with E-state index in [1.807, 2.05) is 19.1 Å². The van der Waals surface area contributed by atoms with Crippen molar-refractivity contribution in [1.29, 1.82) is 0 Å². The summed E-state index contributed by atoms with van der Waals surface area (Å²) in [5.41, 5.74) is 1.34. The average molecular weight is 382 g/mol. The normalized spacial score (nSPS) is 10.9. The van der Waals surface area contributed by atoms with Gasteiger partial charge in [-0.15, -0.1) is 0 Å². The number of aryl methyl sites for hydroxylation is 3. The predicted octanol–water partition coefficient (Wildman–Crippen LogP) is 1.75. The van der Waals surface area contributed by atoms with Crippen LogP contribution >= 0.6 is 0 Å². The molecule has 0 radical (unpaired) electrons. The topological polar surface area (TPSA) is 95.2 Å². The van der Waals surface area contributed by atoms with Crippen LogP contribution in [0.1, 0.15) is 18.1 Å². The molecule has 0 atom stereocenters. The number of nitrogens with zero attached hydrogens (tertiary/aromatic N) is 3. The van der Waals surface area contributed by atoms with Crippen molar-refractivity contribution in [3.05, 3.63) is 62.4 Å². The lowest BCUT2D eigenvalue weighted by Crippen LogP contribution is -2.42. The molecule has 2 heterocycles. The molecule has 0 unspecified atom stereocenters. The predicted molar refractivity (Wildman–Crippen MR) is 107 cm³/mol. The fourth-order valence-electron chi connectivity index (χ4n) is 2.97. The molecule has 3 aromatic rings. The Hall–Kier alpha value is -3.42. The summed E-state index contributed by atoms with van der Waals surface area (Å²) in [6, 6.07) is 7.24. The van der Waals surface area contributed by atoms with Crippen LogP contribution in [-0.4, -0.2) is 26.6 Å². The van der Waals surface area contributed by atoms with Crippen molar-refractivity contribution in [1.82, 2.24) is 14.1 Å². The maximum absolute atomic E-state index is 13.0. The second kappa shape index (κ2) is 7.67. The van der Waals surface area contributed by atoms with Gasteiger partial charge in [0.25, 0.3) is 5.56 Å². The number of carbonyl (C=O) groups excluding carboxylic acids is 1. The molecule has 3 rings (SSSR count). The maximum atomic E-state index is 13.0. The first-order valence-electron chi connectivity index (χ1n) is 8.92. The molecule has 28 heavy (non-hydrogen) atoms. The third-order valence-electron chi connectivity index (χ3n) is 4.41. The summed E-state index contributed by atoms with van der Waals surface area (Å²) in [7, 11) is 1.51. The van der Waals surface area contributed by atoms with Crippen LogP contribution in [0.3, 0.4) is 0 Å². The number of carbonyl (C=O) groups is 1. The quantitative estimate of drug-likeness (QED) is 0.725. The summed E-state index contributed by atoms with van der Waals surface area (Å²) >= 11 is 0. The second-order valence-electron chi connectivity index (χ2n) is 6.55. The van der Waals surface area contributed by atoms with Gasteiger partial charge in [0.2, 0.25) is 5.91 Å². The molecule has 8 heteroatoms. The van der Waals surface area contributed by atoms with Crippen molar-refractivity contribution in [2.24, 2.45) is 7.05 Å². The third kappa shape index (κ3) is 3.53. The van der Waals surface area contributed by atoms with E-state index in [1.165, 1.54) is 11.6 Å². The van der Waals surface area contributed by atoms with Gasteiger partial charge >= 0.3 is 5.69 Å². The number of aromatic nitrogens is 3. The monoisotopic (exact) mass is 382 g/mol. The number of pyridine rings is 1. The first kappa shape index (κ1) is 19.3. The van der Waals surface area contributed by atoms with Crippen LogP contribution < -0.4 is 21.3 Å². The van der Waals surface area contributed by atoms with Crippen LogP contribution in [-0.2, 0) is 18.4 Å². The van der Waals surface area contributed by atoms with E-state index in [-0.39, 0.29) is 11.0 Å². The van der Waals surface area contributed by atoms with Gasteiger partial charge in [0, 0.05) is 24.5 Å². The summed E-state index contributed by atoms with van der Waals surface area (Å²) in [6.45, 7) is 5.47. The van der Waals surface area contributed by atoms with E-state index >= 15 is 0 Å². The van der Waals surface area contributed by atoms with Crippen LogP contribution in [0.2, 0.25) is 0 Å². The van der Waals surface area contributed by atoms with Crippen molar-refractivity contribution < 1.29 is 9.53 Å². The van der Waals surface area contributed by atoms with E-state index in [4.69, 9.17) is 4.74 Å². The molecule has 0 aliphatic carbocycles. The summed E-state index contributed by atoms with van der Waals surface area (Å²) in [5, 5.41) is 2.88. The third-order valence-corrected chi connectivity index (χ3v) is 4.41. The number of ether oxygens (including phenoxy) is 1. The lowest BCUT2D eigenvalue weighted by atomic mass is 10.2. The number of fused-ring (bicyclic) bond motifs is 1. The fraction of sp³-hybridized carbons (Fsp3) is 0.300. The first-order valence-corrected chi connectivity index (χ1v) is 8.92. The van der Waals surface area contributed by atoms with Crippen LogP contribution in [0, 0.1) is 13.8 Å². The molecule has 1 N–H and O–H groups in total. The van der Waals surface area contributed by atoms with E-state index in [2.05, 4.69) is 10.3 Å². The minimum atomic E-state index is -0.615. The van der Waals surface area contributed by atoms with Crippen LogP contribution in [0.15, 0.2) is 40.1 Å². The Morgan fingerprint density at radius 2 is 1.86 bits per heavy atom. The molecular formula is C20H22N4O4. The molecule has 0 fully saturated rings. The molecule has 146 valence electrons. The molecular weight excluding hydrogens is 360 g/mol. The summed E-state index contributed by atoms with van der Waals surface area (Å²) in [4.78, 5) is 42.3. The lowest BCUT2D eigenvalue weighted by molar-refractivity contribution is -0.116. The highest BCUT2D eigenvalue weighted by Crippen LogP contribution is 2.24. The van der Waals surface area contributed by atoms with Crippen molar-refractivity contribution in [3.63, 3.8) is 0 Å². The average Bonchev–Trinajstić information content (AvgIpc) is 2.67. The van der Waals surface area contributed by atoms with Gasteiger partial charge in [-0.3, -0.25) is 14.2 Å². The Kier molecular flexibility index (Phi) is 5.30. The molecule has 0 saturated heterocycles. The number of hydrogen-bond acceptors (Lipinski definition) is 5. The van der Waals surface area contributed by atoms with Gasteiger partial charge in [0.05, 0.1) is 6.61 Å². The van der Waals surface area contributed by atoms with Crippen LogP contribution in [0.5, 0.6) is 5.75 Å². The highest BCUT2D eigenvalue weighted by molar-refractivity contribution is 5.91. The molecule has 0 bridgehead atoms. The molecule has 1 amide bonds. The lowest BCUT2D eigenvalue weighted by Gasteiger charge is -2.14. The van der Waals surface area contributed by atoms with Crippen LogP contribution in [0.4, 0.5) is 5.69 Å². The molecule has 0 aliphatic heterocycles. The smallest absolute Gasteiger partial charge is 0.332 e. The van der Waals surface area contributed by atoms with Gasteiger partial charge in [-0.1, -0.05) is 17.7 Å². The highest BCUT2D eigenvalue weighted by atomic mass is 16.5. The zero-order valence-corrected chi connectivity index (χ0v) is 16.3. The number of rotatable bonds is 5. The van der Waals surface area contributed by atoms with Gasteiger partial charge in [-0.25, -0.2) is 14.3 Å². The van der Waals surface area contributed by atoms with E-state index in [0.717, 1.165) is 10.1 Å². The van der Waals surface area contributed by atoms with Crippen molar-refractivity contribution in [2.75, 3.05) is 11.9 Å². The first-order chi connectivity index (χ1) is 13.3. The number of benzene rings is 1. The molecule has 2 aromatic heterocycles. The van der Waals surface area contributed by atoms with E-state index in [1.54, 1.807) is 32.2 Å². The molecule has 0 spiro atoms. The standard InChI is InChI=1S/C20H22N4O4/c1-5-28-17-13(3)10-21-18-16(17)19(26)24(20(27)23(18)4)11-15(25)22-14-8-6-12(2)7-9-14/h6-10H,5,11H2,1-4H3,(H,22,25). The van der Waals surface area contributed by atoms with Crippen molar-refractivity contribution >= 4 is 22.6 Å². The second-order valence-corrected chi connectivity index (χ2v) is 6.55. The van der Waals surface area contributed by atoms with Crippen LogP contribution in [0.25, 0.3) is 11.0 Å². The van der Waals surface area contributed by atoms with Gasteiger partial charge < -0.3 is 10.1 Å². The Morgan fingerprint density at radius 3 is 2.50 bits per heavy atom. The highest BCUT2D eigenvalue weighted by Gasteiger charge is 2.19. The zero-order valence-electron chi connectivity index (χ0n) is 16.3. The Labute approximate surface area is 161 Å². The van der Waals surface area contributed by atoms with Gasteiger partial charge in [-0.05, 0) is 32.9 Å². The van der Waals surface area contributed by atoms with Gasteiger partial charge in [0.15, 0.2) is 5.65 Å². The van der Waals surface area contributed by atoms with E-state index in [0.29, 0.717) is 23.6 Å². The molecule has 0 saturated carbocycles. The minimum Gasteiger partial charge on any atom is -0.493 e. The van der Waals surface area contributed by atoms with Crippen molar-refractivity contribution in [2.45, 2.75) is 27.3 Å². The maximum Gasteiger partial charge on any atom is 0.332 e.